The maximum absolute atomic E-state index is 9.05. The number of fused-ring (bicyclic) bond motifs is 1. The van der Waals surface area contributed by atoms with E-state index in [1.807, 2.05) is 42.5 Å². The molecule has 1 N–H and O–H groups in total. The quantitative estimate of drug-likeness (QED) is 0.698. The van der Waals surface area contributed by atoms with Crippen LogP contribution in [0.1, 0.15) is 11.1 Å². The van der Waals surface area contributed by atoms with Crippen LogP contribution in [0.4, 0.5) is 0 Å². The first kappa shape index (κ1) is 10.1. The van der Waals surface area contributed by atoms with Gasteiger partial charge in [0.15, 0.2) is 11.5 Å². The number of nitrogens with zero attached hydrogens (tertiary/aromatic N) is 4. The normalized spacial score (nSPS) is 10.1. The zero-order valence-corrected chi connectivity index (χ0v) is 9.25. The molecule has 0 bridgehead atoms. The van der Waals surface area contributed by atoms with Gasteiger partial charge in [0.25, 0.3) is 0 Å². The highest BCUT2D eigenvalue weighted by molar-refractivity contribution is 5.69. The second kappa shape index (κ2) is 3.76. The Labute approximate surface area is 103 Å². The van der Waals surface area contributed by atoms with Crippen molar-refractivity contribution in [3.05, 3.63) is 47.7 Å². The van der Waals surface area contributed by atoms with Crippen LogP contribution in [-0.2, 0) is 0 Å². The lowest BCUT2D eigenvalue weighted by Crippen LogP contribution is -1.85. The first-order valence-corrected chi connectivity index (χ1v) is 5.30. The first-order chi connectivity index (χ1) is 8.85. The molecule has 3 aromatic rings. The van der Waals surface area contributed by atoms with Crippen LogP contribution in [0.2, 0.25) is 0 Å². The summed E-state index contributed by atoms with van der Waals surface area (Å²) in [6.07, 6.45) is 1.62. The van der Waals surface area contributed by atoms with Crippen molar-refractivity contribution >= 4 is 5.65 Å². The molecule has 0 aliphatic rings. The topological polar surface area (TPSA) is 80.7 Å². The number of benzene rings is 1. The minimum absolute atomic E-state index is 0.326. The van der Waals surface area contributed by atoms with Crippen molar-refractivity contribution in [2.45, 2.75) is 0 Å². The van der Waals surface area contributed by atoms with Crippen molar-refractivity contribution in [1.82, 2.24) is 14.6 Å². The van der Waals surface area contributed by atoms with Gasteiger partial charge >= 0.3 is 0 Å². The van der Waals surface area contributed by atoms with E-state index in [1.54, 1.807) is 10.6 Å². The number of hydrogen-bond acceptors (Lipinski definition) is 3. The highest BCUT2D eigenvalue weighted by Gasteiger charge is 2.15. The van der Waals surface area contributed by atoms with Crippen molar-refractivity contribution in [1.29, 1.82) is 10.5 Å². The highest BCUT2D eigenvalue weighted by Crippen LogP contribution is 2.22. The molecule has 2 aromatic heterocycles. The van der Waals surface area contributed by atoms with Crippen LogP contribution in [0.3, 0.4) is 0 Å². The molecular weight excluding hydrogens is 226 g/mol. The van der Waals surface area contributed by atoms with Gasteiger partial charge in [-0.25, -0.2) is 0 Å². The lowest BCUT2D eigenvalue weighted by Gasteiger charge is -1.95. The number of hydrogen-bond donors (Lipinski definition) is 1. The monoisotopic (exact) mass is 233 g/mol. The summed E-state index contributed by atoms with van der Waals surface area (Å²) in [5, 5.41) is 25.0. The molecule has 1 aromatic carbocycles. The third-order valence-corrected chi connectivity index (χ3v) is 2.77. The van der Waals surface area contributed by atoms with Crippen molar-refractivity contribution in [3.63, 3.8) is 0 Å². The Kier molecular flexibility index (Phi) is 2.11. The summed E-state index contributed by atoms with van der Waals surface area (Å²) in [7, 11) is 0. The number of nitriles is 2. The average Bonchev–Trinajstić information content (AvgIpc) is 2.97. The van der Waals surface area contributed by atoms with Gasteiger partial charge in [0.05, 0.1) is 5.56 Å². The van der Waals surface area contributed by atoms with Gasteiger partial charge in [-0.1, -0.05) is 30.3 Å². The van der Waals surface area contributed by atoms with E-state index in [4.69, 9.17) is 10.5 Å². The van der Waals surface area contributed by atoms with Gasteiger partial charge in [-0.3, -0.25) is 9.50 Å². The smallest absolute Gasteiger partial charge is 0.165 e. The Hall–Kier alpha value is -3.05. The van der Waals surface area contributed by atoms with E-state index in [1.165, 1.54) is 0 Å². The number of aromatic amines is 1. The molecule has 0 saturated carbocycles. The fourth-order valence-corrected chi connectivity index (χ4v) is 1.93. The van der Waals surface area contributed by atoms with Crippen LogP contribution in [-0.4, -0.2) is 14.6 Å². The first-order valence-electron chi connectivity index (χ1n) is 5.30. The SMILES string of the molecule is N#Cc1cn2c(-c3ccccc3)n[nH]c2c1C#N. The van der Waals surface area contributed by atoms with Crippen LogP contribution < -0.4 is 0 Å². The zero-order valence-electron chi connectivity index (χ0n) is 9.25. The van der Waals surface area contributed by atoms with Gasteiger partial charge in [0.2, 0.25) is 0 Å². The Morgan fingerprint density at radius 1 is 1.11 bits per heavy atom. The fraction of sp³-hybridized carbons (Fsp3) is 0. The van der Waals surface area contributed by atoms with Gasteiger partial charge in [0, 0.05) is 11.8 Å². The summed E-state index contributed by atoms with van der Waals surface area (Å²) in [5.41, 5.74) is 2.15. The van der Waals surface area contributed by atoms with E-state index >= 15 is 0 Å². The van der Waals surface area contributed by atoms with Gasteiger partial charge in [0.1, 0.15) is 17.7 Å². The lowest BCUT2D eigenvalue weighted by molar-refractivity contribution is 1.11. The Balaban J connectivity index is 2.32. The largest absolute Gasteiger partial charge is 0.282 e. The fourth-order valence-electron chi connectivity index (χ4n) is 1.93. The van der Waals surface area contributed by atoms with E-state index in [0.29, 0.717) is 22.6 Å². The van der Waals surface area contributed by atoms with Crippen LogP contribution in [0.5, 0.6) is 0 Å². The Morgan fingerprint density at radius 3 is 2.56 bits per heavy atom. The van der Waals surface area contributed by atoms with Crippen LogP contribution in [0, 0.1) is 22.7 Å². The second-order valence-corrected chi connectivity index (χ2v) is 3.77. The standard InChI is InChI=1S/C13H7N5/c14-6-10-8-18-12(9-4-2-1-3-5-9)16-17-13(18)11(10)7-15/h1-5,8,17H. The van der Waals surface area contributed by atoms with E-state index < -0.39 is 0 Å². The predicted molar refractivity (Wildman–Crippen MR) is 64.4 cm³/mol. The molecule has 0 radical (unpaired) electrons. The number of H-pyrrole nitrogens is 1. The van der Waals surface area contributed by atoms with Crippen LogP contribution in [0.15, 0.2) is 36.5 Å². The molecule has 5 heteroatoms. The van der Waals surface area contributed by atoms with Crippen molar-refractivity contribution in [2.24, 2.45) is 0 Å². The minimum atomic E-state index is 0.326. The van der Waals surface area contributed by atoms with Crippen LogP contribution in [0.25, 0.3) is 17.0 Å². The zero-order chi connectivity index (χ0) is 12.5. The van der Waals surface area contributed by atoms with E-state index in [2.05, 4.69) is 10.2 Å². The molecule has 0 atom stereocenters. The summed E-state index contributed by atoms with van der Waals surface area (Å²) in [5.74, 6) is 0.684. The molecular formula is C13H7N5. The van der Waals surface area contributed by atoms with Gasteiger partial charge in [-0.15, -0.1) is 0 Å². The van der Waals surface area contributed by atoms with E-state index in [0.717, 1.165) is 5.56 Å². The molecule has 0 aliphatic carbocycles. The molecule has 0 fully saturated rings. The maximum atomic E-state index is 9.05. The number of aromatic nitrogens is 3. The maximum Gasteiger partial charge on any atom is 0.165 e. The molecule has 2 heterocycles. The Morgan fingerprint density at radius 2 is 1.89 bits per heavy atom. The molecule has 0 saturated heterocycles. The molecule has 0 aliphatic heterocycles. The van der Waals surface area contributed by atoms with Crippen molar-refractivity contribution < 1.29 is 0 Å². The third-order valence-electron chi connectivity index (χ3n) is 2.77. The number of rotatable bonds is 1. The Bertz CT molecular complexity index is 796. The summed E-state index contributed by atoms with van der Waals surface area (Å²) < 4.78 is 1.73. The summed E-state index contributed by atoms with van der Waals surface area (Å²) >= 11 is 0. The third kappa shape index (κ3) is 1.28. The second-order valence-electron chi connectivity index (χ2n) is 3.77. The van der Waals surface area contributed by atoms with Gasteiger partial charge < -0.3 is 0 Å². The molecule has 18 heavy (non-hydrogen) atoms. The highest BCUT2D eigenvalue weighted by atomic mass is 15.2. The molecule has 0 unspecified atom stereocenters. The average molecular weight is 233 g/mol. The van der Waals surface area contributed by atoms with Gasteiger partial charge in [-0.2, -0.15) is 15.6 Å². The van der Waals surface area contributed by atoms with Crippen LogP contribution >= 0.6 is 0 Å². The van der Waals surface area contributed by atoms with E-state index in [9.17, 15) is 0 Å². The van der Waals surface area contributed by atoms with Crippen molar-refractivity contribution in [3.8, 4) is 23.5 Å². The number of nitrogens with one attached hydrogen (secondary N) is 1. The molecule has 3 rings (SSSR count). The van der Waals surface area contributed by atoms with Crippen molar-refractivity contribution in [2.75, 3.05) is 0 Å². The summed E-state index contributed by atoms with van der Waals surface area (Å²) in [4.78, 5) is 0. The summed E-state index contributed by atoms with van der Waals surface area (Å²) in [6, 6.07) is 13.6. The van der Waals surface area contributed by atoms with E-state index in [-0.39, 0.29) is 0 Å². The minimum Gasteiger partial charge on any atom is -0.282 e. The molecule has 5 nitrogen and oxygen atoms in total. The lowest BCUT2D eigenvalue weighted by atomic mass is 10.2. The molecule has 0 amide bonds. The molecule has 0 spiro atoms. The molecule has 84 valence electrons. The van der Waals surface area contributed by atoms with Gasteiger partial charge in [-0.05, 0) is 0 Å². The summed E-state index contributed by atoms with van der Waals surface area (Å²) in [6.45, 7) is 0. The predicted octanol–water partition coefficient (Wildman–Crippen LogP) is 2.07.